The average molecular weight is 156 g/mol. The molecule has 0 aromatic rings. The van der Waals surface area contributed by atoms with Gasteiger partial charge in [-0.05, 0) is 12.7 Å². The summed E-state index contributed by atoms with van der Waals surface area (Å²) in [5, 5.41) is 6.50. The molecule has 0 saturated heterocycles. The van der Waals surface area contributed by atoms with Crippen molar-refractivity contribution < 1.29 is 30.8 Å². The Morgan fingerprint density at radius 2 is 1.60 bits per heavy atom. The second-order valence-corrected chi connectivity index (χ2v) is 1.07. The van der Waals surface area contributed by atoms with Crippen molar-refractivity contribution in [3.8, 4) is 0 Å². The van der Waals surface area contributed by atoms with E-state index in [-0.39, 0.29) is 0 Å². The van der Waals surface area contributed by atoms with Crippen LogP contribution in [0.2, 0.25) is 0 Å². The minimum absolute atomic E-state index is 2.11. The number of aliphatic carboxylic acids is 2. The molecular weight excluding hydrogens is 136 g/mol. The number of carbonyl (C=O) groups is 2. The van der Waals surface area contributed by atoms with E-state index < -0.39 is 37.4 Å². The molecule has 58 valence electrons. The minimum atomic E-state index is -3.91. The third kappa shape index (κ3) is 6.94. The number of hydrogen-bond acceptors (Lipinski definition) is 4. The molecule has 0 atom stereocenters. The van der Waals surface area contributed by atoms with Crippen LogP contribution in [0.1, 0.15) is 36.5 Å². The van der Waals surface area contributed by atoms with Crippen LogP contribution >= 0.6 is 0 Å². The van der Waals surface area contributed by atoms with Crippen molar-refractivity contribution >= 4 is 11.9 Å². The normalized spacial score (nSPS) is 28.8. The molecule has 0 aromatic carbocycles. The Morgan fingerprint density at radius 3 is 1.90 bits per heavy atom. The zero-order valence-corrected chi connectivity index (χ0v) is 4.63. The smallest absolute Gasteiger partial charge is 0.303 e. The summed E-state index contributed by atoms with van der Waals surface area (Å²) in [6.45, 7) is 0. The molecule has 2 N–H and O–H groups in total. The van der Waals surface area contributed by atoms with Gasteiger partial charge in [-0.15, -0.1) is 0 Å². The highest BCUT2D eigenvalue weighted by atomic mass is 16.4. The average Bonchev–Trinajstić information content (AvgIpc) is 2.35. The third-order valence-electron chi connectivity index (χ3n) is 0.392. The van der Waals surface area contributed by atoms with E-state index in [1.165, 1.54) is 0 Å². The molecule has 0 rings (SSSR count). The third-order valence-corrected chi connectivity index (χ3v) is 0.392. The summed E-state index contributed by atoms with van der Waals surface area (Å²) < 4.78 is 70.4. The molecule has 0 bridgehead atoms. The van der Waals surface area contributed by atoms with Gasteiger partial charge in [0.05, 0.1) is 0 Å². The largest absolute Gasteiger partial charge is 0.481 e. The van der Waals surface area contributed by atoms with Gasteiger partial charge in [-0.2, -0.15) is 0 Å². The van der Waals surface area contributed by atoms with Gasteiger partial charge in [0.15, 0.2) is 0 Å². The zero-order chi connectivity index (χ0) is 16.6. The highest BCUT2D eigenvalue weighted by Crippen LogP contribution is 1.98. The van der Waals surface area contributed by atoms with Crippen molar-refractivity contribution in [2.75, 3.05) is 0 Å². The minimum Gasteiger partial charge on any atom is -0.481 e. The highest BCUT2D eigenvalue weighted by Gasteiger charge is 1.99. The van der Waals surface area contributed by atoms with E-state index in [9.17, 15) is 9.59 Å². The first-order valence-electron chi connectivity index (χ1n) is 6.88. The second-order valence-electron chi connectivity index (χ2n) is 1.07. The van der Waals surface area contributed by atoms with Gasteiger partial charge in [0.1, 0.15) is 0 Å². The molecule has 0 aliphatic heterocycles. The summed E-state index contributed by atoms with van der Waals surface area (Å²) in [5.74, 6) is -4.22. The molecule has 10 heavy (non-hydrogen) atoms. The maximum atomic E-state index is 11.0. The van der Waals surface area contributed by atoms with Gasteiger partial charge < -0.3 is 10.2 Å². The Labute approximate surface area is 72.7 Å². The van der Waals surface area contributed by atoms with Crippen molar-refractivity contribution in [3.05, 3.63) is 0 Å². The fraction of sp³-hybridized carbons (Fsp3) is 0.667. The van der Waals surface area contributed by atoms with E-state index in [4.69, 9.17) is 13.8 Å². The summed E-state index contributed by atoms with van der Waals surface area (Å²) in [6, 6.07) is 0. The monoisotopic (exact) mass is 156 g/mol. The maximum Gasteiger partial charge on any atom is 0.303 e. The van der Waals surface area contributed by atoms with E-state index in [1.807, 2.05) is 0 Å². The molecule has 4 nitrogen and oxygen atoms in total. The van der Waals surface area contributed by atoms with E-state index in [0.29, 0.717) is 0 Å². The lowest BCUT2D eigenvalue weighted by molar-refractivity contribution is -0.139. The van der Waals surface area contributed by atoms with Gasteiger partial charge in [-0.3, -0.25) is 9.59 Å². The quantitative estimate of drug-likeness (QED) is 0.615. The summed E-state index contributed by atoms with van der Waals surface area (Å²) in [4.78, 5) is 22.1. The van der Waals surface area contributed by atoms with Crippen molar-refractivity contribution in [1.82, 2.24) is 0 Å². The summed E-state index contributed by atoms with van der Waals surface area (Å²) in [7, 11) is 0. The molecule has 0 spiro atoms. The van der Waals surface area contributed by atoms with Crippen LogP contribution in [0.4, 0.5) is 0 Å². The van der Waals surface area contributed by atoms with Crippen molar-refractivity contribution in [1.29, 1.82) is 2.86 Å². The Hall–Kier alpha value is -1.06. The summed E-state index contributed by atoms with van der Waals surface area (Å²) in [6.07, 6.45) is -15.4. The number of hydrogen-bond donors (Lipinski definition) is 2. The Kier molecular flexibility index (Phi) is 0.838. The molecule has 0 aliphatic carbocycles. The standard InChI is InChI=1S/C6H10O4/c7-5(8)3-1-2-4-6(9)10/h1-4H2,(H,7,8)(H,9,10)/i1D2,2D2,3D2,4D2/hD2. The first kappa shape index (κ1) is 1.75. The van der Waals surface area contributed by atoms with Crippen LogP contribution in [-0.2, 0) is 9.59 Å². The SMILES string of the molecule is [2H]OC(=O)C([2H])([2H])C([2H])([2H])C([2H])([2H])C([2H])([2H])C(=O)O[2H]. The Morgan fingerprint density at radius 1 is 1.20 bits per heavy atom. The zero-order valence-electron chi connectivity index (χ0n) is 14.6. The summed E-state index contributed by atoms with van der Waals surface area (Å²) in [5.41, 5.74) is 0. The van der Waals surface area contributed by atoms with Crippen LogP contribution in [0.3, 0.4) is 0 Å². The van der Waals surface area contributed by atoms with Crippen molar-refractivity contribution in [2.24, 2.45) is 0 Å². The van der Waals surface area contributed by atoms with Crippen LogP contribution < -0.4 is 0 Å². The number of rotatable bonds is 5. The molecule has 0 amide bonds. The van der Waals surface area contributed by atoms with E-state index in [0.717, 1.165) is 0 Å². The predicted octanol–water partition coefficient (Wildman–Crippen LogP) is 0.716. The van der Waals surface area contributed by atoms with Crippen LogP contribution in [0.25, 0.3) is 2.86 Å². The maximum absolute atomic E-state index is 11.0. The van der Waals surface area contributed by atoms with E-state index in [1.54, 1.807) is 0 Å². The van der Waals surface area contributed by atoms with Crippen LogP contribution in [0.5, 0.6) is 0 Å². The Bertz CT molecular complexity index is 367. The van der Waals surface area contributed by atoms with Crippen LogP contribution in [0.15, 0.2) is 0 Å². The van der Waals surface area contributed by atoms with Gasteiger partial charge in [-0.1, -0.05) is 0 Å². The van der Waals surface area contributed by atoms with E-state index in [2.05, 4.69) is 10.2 Å². The lowest BCUT2D eigenvalue weighted by Gasteiger charge is -1.92. The molecular formula is C6H10O4. The predicted molar refractivity (Wildman–Crippen MR) is 33.7 cm³/mol. The van der Waals surface area contributed by atoms with Gasteiger partial charge >= 0.3 is 11.9 Å². The van der Waals surface area contributed by atoms with Crippen molar-refractivity contribution in [3.63, 3.8) is 0 Å². The van der Waals surface area contributed by atoms with Gasteiger partial charge in [0, 0.05) is 23.7 Å². The van der Waals surface area contributed by atoms with Gasteiger partial charge in [0.25, 0.3) is 2.86 Å². The number of carboxylic acid groups (broad SMARTS) is 2. The lowest BCUT2D eigenvalue weighted by Crippen LogP contribution is -1.97. The first-order chi connectivity index (χ1) is 8.71. The number of carboxylic acids is 2. The van der Waals surface area contributed by atoms with Gasteiger partial charge in [-0.25, -0.2) is 0 Å². The highest BCUT2D eigenvalue weighted by molar-refractivity contribution is 5.67. The van der Waals surface area contributed by atoms with E-state index >= 15 is 0 Å². The lowest BCUT2D eigenvalue weighted by atomic mass is 10.2. The van der Waals surface area contributed by atoms with Gasteiger partial charge in [0.2, 0.25) is 0 Å². The van der Waals surface area contributed by atoms with Crippen molar-refractivity contribution in [2.45, 2.75) is 25.5 Å². The van der Waals surface area contributed by atoms with Crippen LogP contribution in [-0.4, -0.2) is 22.2 Å². The fourth-order valence-electron chi connectivity index (χ4n) is 0.165. The molecule has 0 saturated carbocycles. The summed E-state index contributed by atoms with van der Waals surface area (Å²) >= 11 is 0. The molecule has 0 heterocycles. The molecule has 0 aromatic heterocycles. The molecule has 4 heteroatoms. The molecule has 0 radical (unpaired) electrons. The second kappa shape index (κ2) is 4.78. The van der Waals surface area contributed by atoms with Crippen LogP contribution in [0, 0.1) is 0 Å². The first-order valence-corrected chi connectivity index (χ1v) is 2.07. The molecule has 0 fully saturated rings. The Balaban J connectivity index is 5.92. The topological polar surface area (TPSA) is 74.6 Å². The fourth-order valence-corrected chi connectivity index (χ4v) is 0.165. The molecule has 0 unspecified atom stereocenters. The molecule has 0 aliphatic rings.